The maximum Gasteiger partial charge on any atom is 0.269 e. The van der Waals surface area contributed by atoms with Crippen LogP contribution in [0, 0.1) is 0 Å². The van der Waals surface area contributed by atoms with Gasteiger partial charge in [0.2, 0.25) is 0 Å². The van der Waals surface area contributed by atoms with Crippen LogP contribution in [0.3, 0.4) is 0 Å². The SMILES string of the molecule is COc1ccc(-c2cc3n(n2)[C@H](NCc2ccccc2)CNC3=O)cc1. The smallest absolute Gasteiger partial charge is 0.269 e. The van der Waals surface area contributed by atoms with Crippen LogP contribution in [0.2, 0.25) is 0 Å². The van der Waals surface area contributed by atoms with Crippen LogP contribution in [0.1, 0.15) is 22.2 Å². The van der Waals surface area contributed by atoms with Crippen LogP contribution in [0.5, 0.6) is 5.75 Å². The molecule has 0 unspecified atom stereocenters. The zero-order valence-electron chi connectivity index (χ0n) is 14.5. The largest absolute Gasteiger partial charge is 0.497 e. The molecule has 0 fully saturated rings. The number of aromatic nitrogens is 2. The molecule has 1 amide bonds. The lowest BCUT2D eigenvalue weighted by Gasteiger charge is -2.25. The van der Waals surface area contributed by atoms with Crippen molar-refractivity contribution in [1.29, 1.82) is 0 Å². The number of methoxy groups -OCH3 is 1. The molecule has 0 saturated carbocycles. The Morgan fingerprint density at radius 1 is 1.19 bits per heavy atom. The molecule has 6 heteroatoms. The van der Waals surface area contributed by atoms with Crippen LogP contribution in [0.25, 0.3) is 11.3 Å². The van der Waals surface area contributed by atoms with Crippen molar-refractivity contribution < 1.29 is 9.53 Å². The van der Waals surface area contributed by atoms with E-state index >= 15 is 0 Å². The highest BCUT2D eigenvalue weighted by molar-refractivity contribution is 5.94. The zero-order chi connectivity index (χ0) is 17.9. The van der Waals surface area contributed by atoms with Crippen LogP contribution in [-0.4, -0.2) is 29.3 Å². The summed E-state index contributed by atoms with van der Waals surface area (Å²) in [7, 11) is 1.64. The molecule has 3 aromatic rings. The minimum atomic E-state index is -0.102. The van der Waals surface area contributed by atoms with Gasteiger partial charge in [-0.1, -0.05) is 30.3 Å². The van der Waals surface area contributed by atoms with Gasteiger partial charge in [-0.25, -0.2) is 4.68 Å². The minimum absolute atomic E-state index is 0.0881. The molecule has 0 saturated heterocycles. The zero-order valence-corrected chi connectivity index (χ0v) is 14.5. The van der Waals surface area contributed by atoms with Crippen molar-refractivity contribution >= 4 is 5.91 Å². The molecule has 26 heavy (non-hydrogen) atoms. The molecule has 4 rings (SSSR count). The summed E-state index contributed by atoms with van der Waals surface area (Å²) in [5.74, 6) is 0.688. The molecule has 1 atom stereocenters. The number of benzene rings is 2. The van der Waals surface area contributed by atoms with E-state index in [1.807, 2.05) is 48.5 Å². The molecule has 2 heterocycles. The molecule has 2 N–H and O–H groups in total. The van der Waals surface area contributed by atoms with Gasteiger partial charge in [-0.2, -0.15) is 5.10 Å². The fraction of sp³-hybridized carbons (Fsp3) is 0.200. The Morgan fingerprint density at radius 2 is 1.96 bits per heavy atom. The number of carbonyl (C=O) groups excluding carboxylic acids is 1. The van der Waals surface area contributed by atoms with Crippen LogP contribution in [0.4, 0.5) is 0 Å². The van der Waals surface area contributed by atoms with Crippen molar-refractivity contribution in [2.45, 2.75) is 12.7 Å². The third-order valence-corrected chi connectivity index (χ3v) is 4.49. The Kier molecular flexibility index (Phi) is 4.41. The highest BCUT2D eigenvalue weighted by Crippen LogP contribution is 2.24. The van der Waals surface area contributed by atoms with Crippen molar-refractivity contribution in [3.8, 4) is 17.0 Å². The van der Waals surface area contributed by atoms with E-state index in [0.717, 1.165) is 17.0 Å². The lowest BCUT2D eigenvalue weighted by atomic mass is 10.1. The number of carbonyl (C=O) groups is 1. The van der Waals surface area contributed by atoms with Crippen LogP contribution in [-0.2, 0) is 6.54 Å². The first-order valence-corrected chi connectivity index (χ1v) is 8.54. The second kappa shape index (κ2) is 7.01. The topological polar surface area (TPSA) is 68.2 Å². The first kappa shape index (κ1) is 16.4. The monoisotopic (exact) mass is 348 g/mol. The number of fused-ring (bicyclic) bond motifs is 1. The van der Waals surface area contributed by atoms with Gasteiger partial charge in [-0.15, -0.1) is 0 Å². The summed E-state index contributed by atoms with van der Waals surface area (Å²) in [5.41, 5.74) is 3.47. The highest BCUT2D eigenvalue weighted by Gasteiger charge is 2.27. The standard InChI is InChI=1S/C20H20N4O2/c1-26-16-9-7-15(8-10-16)17-11-18-20(25)22-13-19(24(18)23-17)21-12-14-5-3-2-4-6-14/h2-11,19,21H,12-13H2,1H3,(H,22,25)/t19-/m0/s1. The number of rotatable bonds is 5. The summed E-state index contributed by atoms with van der Waals surface area (Å²) < 4.78 is 6.97. The van der Waals surface area contributed by atoms with Gasteiger partial charge < -0.3 is 10.1 Å². The number of nitrogens with one attached hydrogen (secondary N) is 2. The molecular weight excluding hydrogens is 328 g/mol. The van der Waals surface area contributed by atoms with Crippen molar-refractivity contribution in [1.82, 2.24) is 20.4 Å². The van der Waals surface area contributed by atoms with Gasteiger partial charge in [0.25, 0.3) is 5.91 Å². The Morgan fingerprint density at radius 3 is 2.69 bits per heavy atom. The third kappa shape index (κ3) is 3.19. The summed E-state index contributed by atoms with van der Waals surface area (Å²) in [6.45, 7) is 1.21. The molecule has 132 valence electrons. The van der Waals surface area contributed by atoms with Gasteiger partial charge in [0, 0.05) is 12.1 Å². The fourth-order valence-corrected chi connectivity index (χ4v) is 3.06. The van der Waals surface area contributed by atoms with Crippen molar-refractivity contribution in [3.05, 3.63) is 71.9 Å². The molecule has 1 aromatic heterocycles. The van der Waals surface area contributed by atoms with E-state index in [0.29, 0.717) is 18.8 Å². The van der Waals surface area contributed by atoms with E-state index in [1.54, 1.807) is 11.8 Å². The summed E-state index contributed by atoms with van der Waals surface area (Å²) >= 11 is 0. The number of nitrogens with zero attached hydrogens (tertiary/aromatic N) is 2. The molecule has 6 nitrogen and oxygen atoms in total. The number of ether oxygens (including phenoxy) is 1. The molecule has 2 aromatic carbocycles. The lowest BCUT2D eigenvalue weighted by Crippen LogP contribution is -2.45. The highest BCUT2D eigenvalue weighted by atomic mass is 16.5. The average Bonchev–Trinajstić information content (AvgIpc) is 3.15. The Balaban J connectivity index is 1.58. The Hall–Kier alpha value is -3.12. The van der Waals surface area contributed by atoms with Gasteiger partial charge in [-0.05, 0) is 35.9 Å². The second-order valence-electron chi connectivity index (χ2n) is 6.18. The van der Waals surface area contributed by atoms with Crippen molar-refractivity contribution in [3.63, 3.8) is 0 Å². The van der Waals surface area contributed by atoms with Gasteiger partial charge >= 0.3 is 0 Å². The molecular formula is C20H20N4O2. The quantitative estimate of drug-likeness (QED) is 0.744. The van der Waals surface area contributed by atoms with Gasteiger partial charge in [0.05, 0.1) is 19.3 Å². The molecule has 1 aliphatic rings. The molecule has 0 radical (unpaired) electrons. The number of amides is 1. The first-order chi connectivity index (χ1) is 12.7. The van der Waals surface area contributed by atoms with Gasteiger partial charge in [-0.3, -0.25) is 10.1 Å². The minimum Gasteiger partial charge on any atom is -0.497 e. The molecule has 1 aliphatic heterocycles. The molecule has 0 bridgehead atoms. The maximum atomic E-state index is 12.2. The summed E-state index contributed by atoms with van der Waals surface area (Å²) in [5, 5.41) is 11.1. The first-order valence-electron chi connectivity index (χ1n) is 8.54. The van der Waals surface area contributed by atoms with Crippen LogP contribution < -0.4 is 15.4 Å². The second-order valence-corrected chi connectivity index (χ2v) is 6.18. The van der Waals surface area contributed by atoms with E-state index in [4.69, 9.17) is 4.74 Å². The summed E-state index contributed by atoms with van der Waals surface area (Å²) in [6.07, 6.45) is -0.0881. The van der Waals surface area contributed by atoms with Gasteiger partial charge in [0.15, 0.2) is 0 Å². The summed E-state index contributed by atoms with van der Waals surface area (Å²) in [6, 6.07) is 19.7. The van der Waals surface area contributed by atoms with Crippen molar-refractivity contribution in [2.24, 2.45) is 0 Å². The lowest BCUT2D eigenvalue weighted by molar-refractivity contribution is 0.0900. The van der Waals surface area contributed by atoms with Crippen molar-refractivity contribution in [2.75, 3.05) is 13.7 Å². The predicted molar refractivity (Wildman–Crippen MR) is 98.9 cm³/mol. The normalized spacial score (nSPS) is 16.0. The Labute approximate surface area is 151 Å². The summed E-state index contributed by atoms with van der Waals surface area (Å²) in [4.78, 5) is 12.2. The maximum absolute atomic E-state index is 12.2. The Bertz CT molecular complexity index is 903. The third-order valence-electron chi connectivity index (χ3n) is 4.49. The van der Waals surface area contributed by atoms with Crippen LogP contribution in [0.15, 0.2) is 60.7 Å². The average molecular weight is 348 g/mol. The van der Waals surface area contributed by atoms with E-state index in [9.17, 15) is 4.79 Å². The molecule has 0 spiro atoms. The number of hydrogen-bond donors (Lipinski definition) is 2. The fourth-order valence-electron chi connectivity index (χ4n) is 3.06. The van der Waals surface area contributed by atoms with Crippen LogP contribution >= 0.6 is 0 Å². The van der Waals surface area contributed by atoms with E-state index in [2.05, 4.69) is 27.9 Å². The number of hydrogen-bond acceptors (Lipinski definition) is 4. The van der Waals surface area contributed by atoms with Gasteiger partial charge in [0.1, 0.15) is 17.6 Å². The van der Waals surface area contributed by atoms with E-state index in [-0.39, 0.29) is 12.1 Å². The molecule has 0 aliphatic carbocycles. The predicted octanol–water partition coefficient (Wildman–Crippen LogP) is 2.59. The van der Waals surface area contributed by atoms with E-state index < -0.39 is 0 Å². The van der Waals surface area contributed by atoms with E-state index in [1.165, 1.54) is 5.56 Å².